The van der Waals surface area contributed by atoms with Gasteiger partial charge in [0.05, 0.1) is 21.3 Å². The zero-order valence-electron chi connectivity index (χ0n) is 72.4. The average molecular weight is 1970 g/mol. The fourth-order valence-corrected chi connectivity index (χ4v) is 20.2. The minimum atomic E-state index is -0.449. The Hall–Kier alpha value is -11.0. The van der Waals surface area contributed by atoms with Crippen LogP contribution in [0.4, 0.5) is 17.3 Å². The number of aryl methyl sites for hydroxylation is 3. The number of halogens is 2. The molecule has 0 spiro atoms. The van der Waals surface area contributed by atoms with Crippen molar-refractivity contribution < 1.29 is 64.3 Å². The largest absolute Gasteiger partial charge is 0.710 e. The van der Waals surface area contributed by atoms with E-state index in [1.54, 1.807) is 25.1 Å². The van der Waals surface area contributed by atoms with Crippen molar-refractivity contribution in [3.8, 4) is 0 Å². The van der Waals surface area contributed by atoms with Gasteiger partial charge in [-0.15, -0.1) is 0 Å². The minimum absolute atomic E-state index is 0.0107. The van der Waals surface area contributed by atoms with Crippen LogP contribution in [-0.4, -0.2) is 119 Å². The molecule has 7 aliphatic rings. The first-order valence-corrected chi connectivity index (χ1v) is 46.3. The number of aromatic nitrogens is 18. The lowest BCUT2D eigenvalue weighted by molar-refractivity contribution is -0.685. The van der Waals surface area contributed by atoms with E-state index in [-0.39, 0.29) is 56.2 Å². The van der Waals surface area contributed by atoms with E-state index < -0.39 is 4.92 Å². The fourth-order valence-electron chi connectivity index (χ4n) is 19.3. The quantitative estimate of drug-likeness (QED) is 0.0107. The van der Waals surface area contributed by atoms with E-state index in [9.17, 15) is 46.6 Å². The molecular formula is C91H107I2N21O14. The van der Waals surface area contributed by atoms with Gasteiger partial charge in [-0.2, -0.15) is 0 Å². The van der Waals surface area contributed by atoms with Crippen LogP contribution in [0, 0.1) is 95.7 Å². The van der Waals surface area contributed by atoms with E-state index in [0.717, 1.165) is 188 Å². The normalized spacial score (nSPS) is 18.0. The number of nitrogen functional groups attached to an aromatic ring is 2. The molecule has 37 heteroatoms. The van der Waals surface area contributed by atoms with Gasteiger partial charge < -0.3 is 73.5 Å². The van der Waals surface area contributed by atoms with E-state index in [1.807, 2.05) is 114 Å². The number of nitro benzene ring substituents is 1. The van der Waals surface area contributed by atoms with Gasteiger partial charge >= 0.3 is 11.3 Å². The van der Waals surface area contributed by atoms with Crippen molar-refractivity contribution in [3.63, 3.8) is 0 Å². The lowest BCUT2D eigenvalue weighted by atomic mass is 10.0. The molecule has 0 amide bonds. The molecule has 0 saturated carbocycles. The zero-order valence-corrected chi connectivity index (χ0v) is 76.7. The van der Waals surface area contributed by atoms with E-state index >= 15 is 0 Å². The van der Waals surface area contributed by atoms with Gasteiger partial charge in [0.2, 0.25) is 10.6 Å². The molecular weight excluding hydrogens is 1860 g/mol. The van der Waals surface area contributed by atoms with Crippen molar-refractivity contribution in [2.75, 3.05) is 44.5 Å². The number of nitrogens with zero attached hydrogens (tertiary/aromatic N) is 19. The molecule has 0 saturated heterocycles. The number of benzene rings is 7. The number of aliphatic hydroxyl groups is 5. The number of nitrogens with two attached hydrogens (primary N) is 2. The van der Waals surface area contributed by atoms with E-state index in [4.69, 9.17) is 37.0 Å². The van der Waals surface area contributed by atoms with Crippen molar-refractivity contribution in [2.45, 2.75) is 202 Å². The Balaban J connectivity index is 0.000000121. The number of hydrogen-bond acceptors (Lipinski definition) is 27. The summed E-state index contributed by atoms with van der Waals surface area (Å²) < 4.78 is 1.71. The molecule has 9 N–H and O–H groups in total. The summed E-state index contributed by atoms with van der Waals surface area (Å²) in [6.45, 7) is 11.1. The highest BCUT2D eigenvalue weighted by atomic mass is 127. The van der Waals surface area contributed by atoms with Gasteiger partial charge in [0.15, 0.2) is 11.6 Å². The molecule has 0 aliphatic heterocycles. The first-order valence-electron chi connectivity index (χ1n) is 44.2. The van der Waals surface area contributed by atoms with Crippen molar-refractivity contribution >= 4 is 129 Å². The molecule has 674 valence electrons. The molecule has 13 aromatic rings. The van der Waals surface area contributed by atoms with Gasteiger partial charge in [0.25, 0.3) is 46.9 Å². The molecule has 20 rings (SSSR count). The Morgan fingerprint density at radius 2 is 0.586 bits per heavy atom. The van der Waals surface area contributed by atoms with Crippen LogP contribution in [0.2, 0.25) is 0 Å². The molecule has 0 radical (unpaired) electrons. The molecule has 35 nitrogen and oxygen atoms in total. The fraction of sp³-hybridized carbons (Fsp3) is 0.473. The van der Waals surface area contributed by atoms with E-state index in [1.165, 1.54) is 75.8 Å². The lowest BCUT2D eigenvalue weighted by Gasteiger charge is -2.08. The second kappa shape index (κ2) is 41.6. The highest BCUT2D eigenvalue weighted by Crippen LogP contribution is 2.39. The number of nitro groups is 1. The van der Waals surface area contributed by atoms with Crippen molar-refractivity contribution in [3.05, 3.63) is 235 Å². The summed E-state index contributed by atoms with van der Waals surface area (Å²) in [6.07, 6.45) is 24.0. The number of hydrogen-bond donors (Lipinski definition) is 7. The van der Waals surface area contributed by atoms with Gasteiger partial charge in [-0.3, -0.25) is 10.1 Å². The molecule has 128 heavy (non-hydrogen) atoms. The number of fused-ring (bicyclic) bond motifs is 13. The highest BCUT2D eigenvalue weighted by Gasteiger charge is 2.33. The Labute approximate surface area is 765 Å². The topological polar surface area (TPSA) is 527 Å². The molecule has 7 aliphatic carbocycles. The summed E-state index contributed by atoms with van der Waals surface area (Å²) in [7, 11) is 0. The second-order valence-corrected chi connectivity index (χ2v) is 36.4. The molecule has 0 fully saturated rings. The summed E-state index contributed by atoms with van der Waals surface area (Å²) in [5.74, 6) is 5.07. The smallest absolute Gasteiger partial charge is 0.376 e. The number of rotatable bonds is 18. The molecule has 6 aromatic heterocycles. The van der Waals surface area contributed by atoms with Gasteiger partial charge in [0.1, 0.15) is 33.3 Å². The summed E-state index contributed by atoms with van der Waals surface area (Å²) in [4.78, 5) is 35.7. The molecule has 7 atom stereocenters. The maximum Gasteiger partial charge on any atom is 0.376 e. The predicted octanol–water partition coefficient (Wildman–Crippen LogP) is 7.99. The number of anilines is 2. The van der Waals surface area contributed by atoms with Gasteiger partial charge in [-0.25, -0.2) is 29.7 Å². The van der Waals surface area contributed by atoms with Crippen molar-refractivity contribution in [1.82, 2.24) is 55.5 Å². The van der Waals surface area contributed by atoms with Gasteiger partial charge in [-0.1, -0.05) is 60.3 Å². The van der Waals surface area contributed by atoms with Crippen LogP contribution in [0.3, 0.4) is 0 Å². The first-order chi connectivity index (χ1) is 61.7. The Bertz CT molecular complexity index is 5930. The average Bonchev–Trinajstić information content (AvgIpc) is 1.40. The standard InChI is InChI=1S/C15H19N3O.C14H17N3O3.C14H17N3O2.C13H14IN3O.C12H12IN3O2.C12H14N4O2.C11H14N2O3/c1-3-5-10-6-11-8-13-14(9-12(11)7-10)18(19)17-15(4-2)16-13;1-2-14-15-17(20)13-8-11-6-9(3-4-18)5-10(11)7-12(13)16(14)19;1-2-14-15-12-7-10-5-9(3-4-18)6-11(10)8-13(12)17(19)16-14;1-2-3-8-4-9-6-11-12(7-10(9)5-8)17(18)16-13(14)15-11;2*13-12-14-10-5-8-3-7(1-2-17)4-9(8)6-11(10)16(18)15-12;12-10-5-8-3-7(1-2-14)4-9(8)6-11(10)13(15)16/h8-10H,3-7H2,1-2H3;7-9,18H,2-6H2,1H3;7-9,18H,2-6H2,1H3;6-8H,2-5H2,1H3;5-7,17H,1-4H2;5-7,17H,1-4H2,(H2,13,14,15);5-7,14H,1-4,12H2. The monoisotopic (exact) mass is 1970 g/mol. The lowest BCUT2D eigenvalue weighted by Crippen LogP contribution is -2.45. The van der Waals surface area contributed by atoms with Crippen LogP contribution in [0.1, 0.15) is 188 Å². The van der Waals surface area contributed by atoms with Gasteiger partial charge in [-0.05, 0) is 308 Å². The predicted molar refractivity (Wildman–Crippen MR) is 492 cm³/mol. The van der Waals surface area contributed by atoms with E-state index in [2.05, 4.69) is 81.5 Å². The summed E-state index contributed by atoms with van der Waals surface area (Å²) in [6, 6.07) is 26.5. The summed E-state index contributed by atoms with van der Waals surface area (Å²) in [5.41, 5.74) is 35.1. The van der Waals surface area contributed by atoms with Crippen LogP contribution < -0.4 is 45.3 Å². The highest BCUT2D eigenvalue weighted by molar-refractivity contribution is 14.1. The zero-order chi connectivity index (χ0) is 90.9. The Morgan fingerprint density at radius 3 is 0.891 bits per heavy atom. The summed E-state index contributed by atoms with van der Waals surface area (Å²) in [5, 5.41) is 162. The van der Waals surface area contributed by atoms with Crippen LogP contribution in [0.25, 0.3) is 66.2 Å². The Morgan fingerprint density at radius 1 is 0.328 bits per heavy atom. The maximum absolute atomic E-state index is 12.2. The van der Waals surface area contributed by atoms with Crippen LogP contribution in [0.15, 0.2) is 84.9 Å². The van der Waals surface area contributed by atoms with Crippen molar-refractivity contribution in [1.29, 1.82) is 0 Å². The van der Waals surface area contributed by atoms with Gasteiger partial charge in [0, 0.05) is 154 Å². The van der Waals surface area contributed by atoms with E-state index in [0.29, 0.717) is 142 Å². The third-order valence-corrected chi connectivity index (χ3v) is 26.4. The molecule has 0 bridgehead atoms. The summed E-state index contributed by atoms with van der Waals surface area (Å²) >= 11 is 3.92. The SMILES string of the molecule is CCCC1Cc2cc3nc(CC)n[n+]([O-])c3cc2C1.CCCC1Cc2cc3nc(I)n[n+]([O-])c3cc2C1.CCc1n[n+]([O-])c2cc3c(cc2[n+]1[O-])CC(CCO)C3.CCc1nc2cc3c(cc2[n+]([O-])n1)CC(CCO)C3.Nc1cc2c(cc1[N+](=O)[O-])CC(CCO)C2.Nc1nc2cc3c(cc2[n+]([O-])n1)CC(CCO)C3.[O-][n+]1nc(I)nc2cc3c(cc21)CC(CCO)C3. The van der Waals surface area contributed by atoms with Crippen molar-refractivity contribution in [2.24, 2.45) is 41.4 Å². The molecule has 7 aromatic carbocycles. The van der Waals surface area contributed by atoms with Crippen LogP contribution >= 0.6 is 45.2 Å². The third-order valence-electron chi connectivity index (χ3n) is 25.5. The van der Waals surface area contributed by atoms with Crippen LogP contribution in [-0.2, 0) is 109 Å². The van der Waals surface area contributed by atoms with Crippen LogP contribution in [0.5, 0.6) is 0 Å². The first kappa shape index (κ1) is 93.2. The second-order valence-electron chi connectivity index (χ2n) is 34.4. The Kier molecular flexibility index (Phi) is 30.3. The third kappa shape index (κ3) is 21.5. The molecule has 6 heterocycles. The number of aliphatic hydroxyl groups excluding tert-OH is 5. The minimum Gasteiger partial charge on any atom is -0.710 e. The molecule has 7 unspecified atom stereocenters. The maximum atomic E-state index is 12.2.